The lowest BCUT2D eigenvalue weighted by atomic mass is 9.73. The molecule has 1 nitrogen and oxygen atoms in total. The van der Waals surface area contributed by atoms with Gasteiger partial charge in [0.1, 0.15) is 0 Å². The summed E-state index contributed by atoms with van der Waals surface area (Å²) in [6.45, 7) is 2.16. The summed E-state index contributed by atoms with van der Waals surface area (Å²) in [5, 5.41) is 0.781. The highest BCUT2D eigenvalue weighted by Gasteiger charge is 2.32. The molecule has 0 spiro atoms. The average Bonchev–Trinajstić information content (AvgIpc) is 2.31. The lowest BCUT2D eigenvalue weighted by Gasteiger charge is -2.37. The van der Waals surface area contributed by atoms with Gasteiger partial charge in [-0.1, -0.05) is 43.0 Å². The van der Waals surface area contributed by atoms with Crippen molar-refractivity contribution in [3.05, 3.63) is 34.9 Å². The first-order valence-corrected chi connectivity index (χ1v) is 6.53. The maximum Gasteiger partial charge on any atom is 0.0409 e. The summed E-state index contributed by atoms with van der Waals surface area (Å²) in [4.78, 5) is 0. The van der Waals surface area contributed by atoms with Crippen LogP contribution >= 0.6 is 11.6 Å². The third kappa shape index (κ3) is 2.41. The highest BCUT2D eigenvalue weighted by atomic mass is 35.5. The third-order valence-electron chi connectivity index (χ3n) is 3.92. The maximum atomic E-state index is 6.52. The number of hydrogen-bond acceptors (Lipinski definition) is 1. The van der Waals surface area contributed by atoms with Crippen molar-refractivity contribution in [1.29, 1.82) is 0 Å². The van der Waals surface area contributed by atoms with Crippen LogP contribution in [-0.4, -0.2) is 0 Å². The van der Waals surface area contributed by atoms with Gasteiger partial charge in [-0.25, -0.2) is 0 Å². The van der Waals surface area contributed by atoms with Gasteiger partial charge in [-0.15, -0.1) is 0 Å². The number of benzene rings is 1. The van der Waals surface area contributed by atoms with E-state index in [1.165, 1.54) is 37.7 Å². The quantitative estimate of drug-likeness (QED) is 0.824. The van der Waals surface area contributed by atoms with Crippen molar-refractivity contribution in [1.82, 2.24) is 0 Å². The van der Waals surface area contributed by atoms with Gasteiger partial charge in [0.05, 0.1) is 0 Å². The zero-order chi connectivity index (χ0) is 11.6. The fraction of sp³-hybridized carbons (Fsp3) is 0.571. The van der Waals surface area contributed by atoms with E-state index in [0.29, 0.717) is 5.92 Å². The molecule has 1 aliphatic carbocycles. The van der Waals surface area contributed by atoms with E-state index < -0.39 is 0 Å². The Labute approximate surface area is 103 Å². The zero-order valence-corrected chi connectivity index (χ0v) is 10.6. The van der Waals surface area contributed by atoms with Crippen molar-refractivity contribution in [2.24, 2.45) is 11.7 Å². The Balaban J connectivity index is 2.19. The molecular formula is C14H20ClN. The van der Waals surface area contributed by atoms with E-state index >= 15 is 0 Å². The molecule has 1 fully saturated rings. The molecule has 16 heavy (non-hydrogen) atoms. The SMILES string of the molecule is CC(N)(c1ccc(Cl)cc1)C1CCCCC1. The van der Waals surface area contributed by atoms with E-state index in [-0.39, 0.29) is 5.54 Å². The Morgan fingerprint density at radius 3 is 2.25 bits per heavy atom. The monoisotopic (exact) mass is 237 g/mol. The minimum absolute atomic E-state index is 0.203. The molecule has 0 radical (unpaired) electrons. The summed E-state index contributed by atoms with van der Waals surface area (Å²) in [5.41, 5.74) is 7.53. The van der Waals surface area contributed by atoms with Crippen LogP contribution in [0.2, 0.25) is 5.02 Å². The van der Waals surface area contributed by atoms with Crippen LogP contribution in [0, 0.1) is 5.92 Å². The normalized spacial score (nSPS) is 21.7. The van der Waals surface area contributed by atoms with E-state index in [9.17, 15) is 0 Å². The second-order valence-corrected chi connectivity index (χ2v) is 5.56. The predicted octanol–water partition coefficient (Wildman–Crippen LogP) is 4.09. The first-order valence-electron chi connectivity index (χ1n) is 6.15. The summed E-state index contributed by atoms with van der Waals surface area (Å²) < 4.78 is 0. The minimum Gasteiger partial charge on any atom is -0.321 e. The Bertz CT molecular complexity index is 336. The van der Waals surface area contributed by atoms with Crippen LogP contribution in [0.15, 0.2) is 24.3 Å². The summed E-state index contributed by atoms with van der Waals surface area (Å²) in [7, 11) is 0. The Morgan fingerprint density at radius 1 is 1.12 bits per heavy atom. The largest absolute Gasteiger partial charge is 0.321 e. The highest BCUT2D eigenvalue weighted by Crippen LogP contribution is 2.37. The van der Waals surface area contributed by atoms with Crippen molar-refractivity contribution in [3.63, 3.8) is 0 Å². The van der Waals surface area contributed by atoms with Crippen molar-refractivity contribution >= 4 is 11.6 Å². The van der Waals surface area contributed by atoms with Gasteiger partial charge in [-0.3, -0.25) is 0 Å². The summed E-state index contributed by atoms with van der Waals surface area (Å²) in [5.74, 6) is 0.613. The molecule has 1 aromatic rings. The molecule has 0 aliphatic heterocycles. The van der Waals surface area contributed by atoms with E-state index in [1.807, 2.05) is 12.1 Å². The molecule has 2 N–H and O–H groups in total. The van der Waals surface area contributed by atoms with Crippen LogP contribution < -0.4 is 5.73 Å². The van der Waals surface area contributed by atoms with Crippen LogP contribution in [-0.2, 0) is 5.54 Å². The molecule has 0 amide bonds. The van der Waals surface area contributed by atoms with E-state index in [1.54, 1.807) is 0 Å². The lowest BCUT2D eigenvalue weighted by Crippen LogP contribution is -2.42. The Morgan fingerprint density at radius 2 is 1.69 bits per heavy atom. The Kier molecular flexibility index (Phi) is 3.56. The fourth-order valence-corrected chi connectivity index (χ4v) is 2.87. The first kappa shape index (κ1) is 11.9. The molecule has 0 bridgehead atoms. The molecule has 2 heteroatoms. The van der Waals surface area contributed by atoms with Crippen LogP contribution in [0.3, 0.4) is 0 Å². The van der Waals surface area contributed by atoms with Crippen molar-refractivity contribution in [2.75, 3.05) is 0 Å². The van der Waals surface area contributed by atoms with E-state index in [2.05, 4.69) is 19.1 Å². The molecule has 1 aliphatic rings. The van der Waals surface area contributed by atoms with E-state index in [4.69, 9.17) is 17.3 Å². The molecule has 88 valence electrons. The minimum atomic E-state index is -0.203. The number of halogens is 1. The van der Waals surface area contributed by atoms with Gasteiger partial charge in [-0.2, -0.15) is 0 Å². The molecule has 1 atom stereocenters. The topological polar surface area (TPSA) is 26.0 Å². The average molecular weight is 238 g/mol. The molecule has 2 rings (SSSR count). The number of hydrogen-bond donors (Lipinski definition) is 1. The maximum absolute atomic E-state index is 6.52. The van der Waals surface area contributed by atoms with Crippen molar-refractivity contribution in [3.8, 4) is 0 Å². The second kappa shape index (κ2) is 4.77. The Hall–Kier alpha value is -0.530. The number of nitrogens with two attached hydrogens (primary N) is 1. The van der Waals surface area contributed by atoms with Gasteiger partial charge in [0.15, 0.2) is 0 Å². The first-order chi connectivity index (χ1) is 7.60. The molecule has 1 aromatic carbocycles. The molecular weight excluding hydrogens is 218 g/mol. The molecule has 0 saturated heterocycles. The molecule has 0 heterocycles. The van der Waals surface area contributed by atoms with Gasteiger partial charge in [-0.05, 0) is 43.4 Å². The molecule has 0 aromatic heterocycles. The zero-order valence-electron chi connectivity index (χ0n) is 9.88. The fourth-order valence-electron chi connectivity index (χ4n) is 2.75. The standard InChI is InChI=1S/C14H20ClN/c1-14(16,11-5-3-2-4-6-11)12-7-9-13(15)10-8-12/h7-11H,2-6,16H2,1H3. The lowest BCUT2D eigenvalue weighted by molar-refractivity contribution is 0.224. The molecule has 1 unspecified atom stereocenters. The van der Waals surface area contributed by atoms with Gasteiger partial charge < -0.3 is 5.73 Å². The smallest absolute Gasteiger partial charge is 0.0409 e. The van der Waals surface area contributed by atoms with Crippen LogP contribution in [0.1, 0.15) is 44.6 Å². The van der Waals surface area contributed by atoms with Crippen LogP contribution in [0.25, 0.3) is 0 Å². The summed E-state index contributed by atoms with van der Waals surface area (Å²) in [6.07, 6.45) is 6.54. The van der Waals surface area contributed by atoms with Gasteiger partial charge >= 0.3 is 0 Å². The van der Waals surface area contributed by atoms with Gasteiger partial charge in [0, 0.05) is 10.6 Å². The predicted molar refractivity (Wildman–Crippen MR) is 69.6 cm³/mol. The summed E-state index contributed by atoms with van der Waals surface area (Å²) >= 11 is 5.91. The third-order valence-corrected chi connectivity index (χ3v) is 4.17. The van der Waals surface area contributed by atoms with E-state index in [0.717, 1.165) is 5.02 Å². The van der Waals surface area contributed by atoms with Gasteiger partial charge in [0.25, 0.3) is 0 Å². The number of rotatable bonds is 2. The van der Waals surface area contributed by atoms with Crippen LogP contribution in [0.5, 0.6) is 0 Å². The molecule has 1 saturated carbocycles. The van der Waals surface area contributed by atoms with Crippen LogP contribution in [0.4, 0.5) is 0 Å². The summed E-state index contributed by atoms with van der Waals surface area (Å²) in [6, 6.07) is 8.00. The second-order valence-electron chi connectivity index (χ2n) is 5.12. The van der Waals surface area contributed by atoms with Gasteiger partial charge in [0.2, 0.25) is 0 Å². The van der Waals surface area contributed by atoms with Crippen molar-refractivity contribution < 1.29 is 0 Å². The van der Waals surface area contributed by atoms with Crippen molar-refractivity contribution in [2.45, 2.75) is 44.6 Å². The highest BCUT2D eigenvalue weighted by molar-refractivity contribution is 6.30.